The molecule has 3 rings (SSSR count). The van der Waals surface area contributed by atoms with Crippen molar-refractivity contribution in [1.82, 2.24) is 14.5 Å². The fraction of sp³-hybridized carbons (Fsp3) is 0.481. The minimum absolute atomic E-state index is 0.0603. The third kappa shape index (κ3) is 7.72. The van der Waals surface area contributed by atoms with Gasteiger partial charge in [0, 0.05) is 26.2 Å². The summed E-state index contributed by atoms with van der Waals surface area (Å²) in [5.41, 5.74) is 0.123. The van der Waals surface area contributed by atoms with E-state index in [1.807, 2.05) is 24.3 Å². The number of carbonyl (C=O) groups is 2. The van der Waals surface area contributed by atoms with Gasteiger partial charge in [-0.15, -0.1) is 0 Å². The van der Waals surface area contributed by atoms with Gasteiger partial charge >= 0.3 is 12.3 Å². The van der Waals surface area contributed by atoms with Gasteiger partial charge in [-0.2, -0.15) is 17.5 Å². The van der Waals surface area contributed by atoms with Gasteiger partial charge in [0.1, 0.15) is 11.6 Å². The van der Waals surface area contributed by atoms with Crippen LogP contribution in [0.1, 0.15) is 57.2 Å². The molecule has 8 nitrogen and oxygen atoms in total. The lowest BCUT2D eigenvalue weighted by Crippen LogP contribution is -2.61. The van der Waals surface area contributed by atoms with Crippen LogP contribution in [0.5, 0.6) is 0 Å². The molecule has 1 atom stereocenters. The van der Waals surface area contributed by atoms with Gasteiger partial charge < -0.3 is 15.0 Å². The van der Waals surface area contributed by atoms with Gasteiger partial charge in [0.25, 0.3) is 0 Å². The largest absolute Gasteiger partial charge is 0.444 e. The maximum absolute atomic E-state index is 13.5. The molecule has 2 aromatic rings. The molecule has 1 saturated heterocycles. The minimum Gasteiger partial charge on any atom is -0.444 e. The number of piperazine rings is 1. The van der Waals surface area contributed by atoms with Crippen molar-refractivity contribution in [2.45, 2.75) is 69.8 Å². The molecule has 0 spiro atoms. The highest BCUT2D eigenvalue weighted by atomic mass is 32.2. The first-order valence-electron chi connectivity index (χ1n) is 12.5. The van der Waals surface area contributed by atoms with Crippen LogP contribution in [-0.2, 0) is 32.3 Å². The first-order chi connectivity index (χ1) is 18.0. The number of amides is 2. The van der Waals surface area contributed by atoms with Crippen LogP contribution >= 0.6 is 0 Å². The highest BCUT2D eigenvalue weighted by Crippen LogP contribution is 2.31. The van der Waals surface area contributed by atoms with E-state index < -0.39 is 45.4 Å². The highest BCUT2D eigenvalue weighted by molar-refractivity contribution is 7.89. The number of hydrogen-bond acceptors (Lipinski definition) is 5. The molecular weight excluding hydrogens is 535 g/mol. The predicted octanol–water partition coefficient (Wildman–Crippen LogP) is 4.76. The van der Waals surface area contributed by atoms with E-state index in [0.29, 0.717) is 18.1 Å². The van der Waals surface area contributed by atoms with Crippen molar-refractivity contribution in [1.29, 1.82) is 0 Å². The van der Waals surface area contributed by atoms with Crippen LogP contribution in [0.15, 0.2) is 53.4 Å². The average molecular weight is 570 g/mol. The second-order valence-electron chi connectivity index (χ2n) is 10.7. The Bertz CT molecular complexity index is 1270. The minimum atomic E-state index is -4.63. The number of nitrogens with zero attached hydrogens (tertiary/aromatic N) is 2. The summed E-state index contributed by atoms with van der Waals surface area (Å²) in [6, 6.07) is 9.37. The Kier molecular flexibility index (Phi) is 9.01. The number of carbonyl (C=O) groups excluding carboxylic acids is 2. The predicted molar refractivity (Wildman–Crippen MR) is 139 cm³/mol. The molecule has 1 fully saturated rings. The molecule has 1 heterocycles. The Hall–Kier alpha value is -3.12. The first-order valence-corrected chi connectivity index (χ1v) is 14.0. The Labute approximate surface area is 227 Å². The van der Waals surface area contributed by atoms with Gasteiger partial charge in [-0.05, 0) is 62.1 Å². The number of benzene rings is 2. The fourth-order valence-electron chi connectivity index (χ4n) is 4.04. The van der Waals surface area contributed by atoms with Crippen molar-refractivity contribution in [3.63, 3.8) is 0 Å². The Morgan fingerprint density at radius 1 is 1.00 bits per heavy atom. The molecule has 2 amide bonds. The first kappa shape index (κ1) is 30.4. The van der Waals surface area contributed by atoms with Crippen LogP contribution in [0, 0.1) is 0 Å². The van der Waals surface area contributed by atoms with Crippen LogP contribution < -0.4 is 5.32 Å². The second kappa shape index (κ2) is 11.5. The van der Waals surface area contributed by atoms with Gasteiger partial charge in [-0.3, -0.25) is 4.79 Å². The van der Waals surface area contributed by atoms with Gasteiger partial charge in [0.05, 0.1) is 10.5 Å². The number of hydrogen-bond donors (Lipinski definition) is 1. The van der Waals surface area contributed by atoms with E-state index in [-0.39, 0.29) is 31.1 Å². The Morgan fingerprint density at radius 3 is 2.10 bits per heavy atom. The van der Waals surface area contributed by atoms with Crippen molar-refractivity contribution in [2.75, 3.05) is 19.6 Å². The van der Waals surface area contributed by atoms with Crippen LogP contribution in [0.25, 0.3) is 0 Å². The molecule has 0 saturated carbocycles. The normalized spacial score (nSPS) is 17.3. The second-order valence-corrected chi connectivity index (χ2v) is 12.6. The van der Waals surface area contributed by atoms with Crippen LogP contribution in [-0.4, -0.2) is 60.9 Å². The molecule has 39 heavy (non-hydrogen) atoms. The quantitative estimate of drug-likeness (QED) is 0.542. The summed E-state index contributed by atoms with van der Waals surface area (Å²) in [6.07, 6.45) is -5.33. The molecule has 12 heteroatoms. The third-order valence-corrected chi connectivity index (χ3v) is 8.11. The average Bonchev–Trinajstić information content (AvgIpc) is 2.85. The summed E-state index contributed by atoms with van der Waals surface area (Å²) in [6.45, 7) is 8.70. The Balaban J connectivity index is 1.86. The number of nitrogens with one attached hydrogen (secondary N) is 1. The molecule has 1 aliphatic heterocycles. The molecule has 1 N–H and O–H groups in total. The molecule has 0 aliphatic carbocycles. The van der Waals surface area contributed by atoms with E-state index in [4.69, 9.17) is 4.74 Å². The topological polar surface area (TPSA) is 96.0 Å². The summed E-state index contributed by atoms with van der Waals surface area (Å²) in [5, 5.41) is 2.74. The summed E-state index contributed by atoms with van der Waals surface area (Å²) < 4.78 is 72.3. The summed E-state index contributed by atoms with van der Waals surface area (Å²) in [7, 11) is -4.37. The zero-order chi connectivity index (χ0) is 29.2. The van der Waals surface area contributed by atoms with Gasteiger partial charge in [0.2, 0.25) is 15.9 Å². The lowest BCUT2D eigenvalue weighted by molar-refractivity contribution is -0.137. The molecule has 0 aromatic heterocycles. The summed E-state index contributed by atoms with van der Waals surface area (Å²) in [5.74, 6) is -0.314. The van der Waals surface area contributed by atoms with Crippen LogP contribution in [0.3, 0.4) is 0 Å². The van der Waals surface area contributed by atoms with Crippen molar-refractivity contribution >= 4 is 22.0 Å². The van der Waals surface area contributed by atoms with E-state index >= 15 is 0 Å². The van der Waals surface area contributed by atoms with Gasteiger partial charge in [-0.25, -0.2) is 13.2 Å². The zero-order valence-corrected chi connectivity index (χ0v) is 23.4. The van der Waals surface area contributed by atoms with E-state index in [1.54, 1.807) is 20.8 Å². The van der Waals surface area contributed by atoms with Crippen molar-refractivity contribution in [2.24, 2.45) is 0 Å². The standard InChI is InChI=1S/C27H34F3N3O5S/c1-18(2)20-8-6-19(7-9-20)16-31-24(34)23-17-32(25(35)38-26(3,4)5)14-15-33(23)39(36,37)22-12-10-21(11-13-22)27(28,29)30/h6-13,18,23H,14-17H2,1-5H3,(H,31,34). The van der Waals surface area contributed by atoms with E-state index in [2.05, 4.69) is 19.2 Å². The highest BCUT2D eigenvalue weighted by Gasteiger charge is 2.42. The van der Waals surface area contributed by atoms with E-state index in [9.17, 15) is 31.2 Å². The maximum atomic E-state index is 13.5. The molecule has 1 unspecified atom stereocenters. The lowest BCUT2D eigenvalue weighted by atomic mass is 10.0. The smallest absolute Gasteiger partial charge is 0.416 e. The summed E-state index contributed by atoms with van der Waals surface area (Å²) >= 11 is 0. The molecule has 214 valence electrons. The molecule has 2 aromatic carbocycles. The molecule has 0 radical (unpaired) electrons. The number of ether oxygens (including phenoxy) is 1. The van der Waals surface area contributed by atoms with Crippen molar-refractivity contribution in [3.8, 4) is 0 Å². The fourth-order valence-corrected chi connectivity index (χ4v) is 5.61. The lowest BCUT2D eigenvalue weighted by Gasteiger charge is -2.39. The number of halogens is 3. The maximum Gasteiger partial charge on any atom is 0.416 e. The van der Waals surface area contributed by atoms with E-state index in [0.717, 1.165) is 27.6 Å². The van der Waals surface area contributed by atoms with Gasteiger partial charge in [0.15, 0.2) is 0 Å². The van der Waals surface area contributed by atoms with Crippen molar-refractivity contribution in [3.05, 3.63) is 65.2 Å². The monoisotopic (exact) mass is 569 g/mol. The molecule has 1 aliphatic rings. The van der Waals surface area contributed by atoms with Gasteiger partial charge in [-0.1, -0.05) is 38.1 Å². The molecule has 0 bridgehead atoms. The van der Waals surface area contributed by atoms with Crippen molar-refractivity contribution < 1.29 is 35.9 Å². The number of sulfonamides is 1. The summed E-state index contributed by atoms with van der Waals surface area (Å²) in [4.78, 5) is 26.9. The number of rotatable bonds is 6. The van der Waals surface area contributed by atoms with Crippen LogP contribution in [0.2, 0.25) is 0 Å². The Morgan fingerprint density at radius 2 is 1.59 bits per heavy atom. The van der Waals surface area contributed by atoms with Crippen LogP contribution in [0.4, 0.5) is 18.0 Å². The zero-order valence-electron chi connectivity index (χ0n) is 22.6. The number of alkyl halides is 3. The molecular formula is C27H34F3N3O5S. The SMILES string of the molecule is CC(C)c1ccc(CNC(=O)C2CN(C(=O)OC(C)(C)C)CCN2S(=O)(=O)c2ccc(C(F)(F)F)cc2)cc1. The van der Waals surface area contributed by atoms with E-state index in [1.165, 1.54) is 4.90 Å². The third-order valence-electron chi connectivity index (χ3n) is 6.19.